The predicted molar refractivity (Wildman–Crippen MR) is 309 cm³/mol. The maximum absolute atomic E-state index is 13.3. The van der Waals surface area contributed by atoms with Crippen molar-refractivity contribution in [3.05, 3.63) is 144 Å². The monoisotopic (exact) mass is 1120 g/mol. The highest BCUT2D eigenvalue weighted by Crippen LogP contribution is 2.39. The lowest BCUT2D eigenvalue weighted by Gasteiger charge is -2.19. The molecule has 21 heteroatoms. The second kappa shape index (κ2) is 31.2. The second-order valence-electron chi connectivity index (χ2n) is 19.3. The van der Waals surface area contributed by atoms with Gasteiger partial charge in [0, 0.05) is 40.9 Å². The zero-order chi connectivity index (χ0) is 59.8. The van der Waals surface area contributed by atoms with Crippen molar-refractivity contribution in [3.8, 4) is 34.3 Å². The molecular weight excluding hydrogens is 1050 g/mol. The molecule has 0 fully saturated rings. The van der Waals surface area contributed by atoms with Crippen LogP contribution in [-0.4, -0.2) is 93.6 Å². The Morgan fingerprint density at radius 1 is 0.585 bits per heavy atom. The molecule has 0 aliphatic carbocycles. The van der Waals surface area contributed by atoms with Gasteiger partial charge < -0.3 is 36.3 Å². The number of rotatable bonds is 22. The quantitative estimate of drug-likeness (QED) is 0.0364. The van der Waals surface area contributed by atoms with E-state index in [9.17, 15) is 28.8 Å². The van der Waals surface area contributed by atoms with Gasteiger partial charge in [0.1, 0.15) is 40.1 Å². The van der Waals surface area contributed by atoms with E-state index < -0.39 is 17.4 Å². The normalized spacial score (nSPS) is 11.9. The highest BCUT2D eigenvalue weighted by atomic mass is 16.6. The van der Waals surface area contributed by atoms with Crippen LogP contribution in [0.5, 0.6) is 11.5 Å². The van der Waals surface area contributed by atoms with Gasteiger partial charge in [0.05, 0.1) is 37.4 Å². The van der Waals surface area contributed by atoms with Crippen molar-refractivity contribution in [2.75, 3.05) is 36.1 Å². The third-order valence-electron chi connectivity index (χ3n) is 12.3. The summed E-state index contributed by atoms with van der Waals surface area (Å²) in [7, 11) is 0. The van der Waals surface area contributed by atoms with Crippen LogP contribution in [0.1, 0.15) is 128 Å². The Bertz CT molecular complexity index is 3200. The average Bonchev–Trinajstić information content (AvgIpc) is 4.22. The molecule has 0 saturated carbocycles. The molecule has 0 spiro atoms. The molecule has 21 nitrogen and oxygen atoms in total. The first kappa shape index (κ1) is 63.2. The number of primary amides is 2. The third-order valence-corrected chi connectivity index (χ3v) is 12.3. The molecule has 0 atom stereocenters. The lowest BCUT2D eigenvalue weighted by Crippen LogP contribution is -2.32. The Hall–Kier alpha value is -9.62. The number of nitrogens with two attached hydrogens (primary N) is 2. The molecule has 0 saturated heterocycles. The molecule has 4 aromatic carbocycles. The number of nitrogens with zero attached hydrogens (tertiary/aromatic N) is 6. The number of fused-ring (bicyclic) bond motifs is 2. The van der Waals surface area contributed by atoms with Crippen LogP contribution in [0.4, 0.5) is 27.8 Å². The summed E-state index contributed by atoms with van der Waals surface area (Å²) in [6, 6.07) is 30.3. The highest BCUT2D eigenvalue weighted by molar-refractivity contribution is 6.11. The first-order chi connectivity index (χ1) is 39.5. The molecule has 6 amide bonds. The van der Waals surface area contributed by atoms with E-state index >= 15 is 0 Å². The van der Waals surface area contributed by atoms with Gasteiger partial charge in [0.15, 0.2) is 11.6 Å². The fraction of sp³-hybridized carbons (Fsp3) is 0.328. The lowest BCUT2D eigenvalue weighted by atomic mass is 10.1. The topological polar surface area (TPSA) is 298 Å². The Morgan fingerprint density at radius 2 is 1.00 bits per heavy atom. The number of carbonyl (C=O) groups excluding carboxylic acids is 8. The maximum Gasteiger partial charge on any atom is 0.407 e. The molecule has 2 aliphatic heterocycles. The van der Waals surface area contributed by atoms with Crippen LogP contribution < -0.4 is 41.4 Å². The van der Waals surface area contributed by atoms with E-state index in [0.29, 0.717) is 82.9 Å². The van der Waals surface area contributed by atoms with E-state index in [1.165, 1.54) is 9.80 Å². The predicted octanol–water partition coefficient (Wildman–Crippen LogP) is 9.32. The van der Waals surface area contributed by atoms with Crippen LogP contribution >= 0.6 is 0 Å². The van der Waals surface area contributed by atoms with E-state index in [1.54, 1.807) is 72.8 Å². The van der Waals surface area contributed by atoms with E-state index in [0.717, 1.165) is 57.1 Å². The first-order valence-corrected chi connectivity index (χ1v) is 26.9. The van der Waals surface area contributed by atoms with Crippen molar-refractivity contribution < 1.29 is 52.6 Å². The molecule has 6 N–H and O–H groups in total. The van der Waals surface area contributed by atoms with Crippen LogP contribution in [0.15, 0.2) is 116 Å². The molecule has 2 aromatic heterocycles. The number of ether oxygens (including phenoxy) is 3. The summed E-state index contributed by atoms with van der Waals surface area (Å²) in [4.78, 5) is 112. The van der Waals surface area contributed by atoms with Crippen LogP contribution in [-0.2, 0) is 36.8 Å². The van der Waals surface area contributed by atoms with E-state index in [-0.39, 0.29) is 65.8 Å². The average molecular weight is 1120 g/mol. The van der Waals surface area contributed by atoms with E-state index in [4.69, 9.17) is 35.3 Å². The highest BCUT2D eigenvalue weighted by Gasteiger charge is 2.37. The third kappa shape index (κ3) is 17.7. The first-order valence-electron chi connectivity index (χ1n) is 26.9. The van der Waals surface area contributed by atoms with Gasteiger partial charge in [-0.05, 0) is 126 Å². The number of unbranched alkanes of at least 4 members (excludes halogenated alkanes) is 7. The van der Waals surface area contributed by atoms with E-state index in [2.05, 4.69) is 43.7 Å². The SMILES string of the molecule is C=C.CCOc1ccc(-c2nc(C(N)=O)c3c(n2)N(c2cccc(C(=O)NCCCCCCCCCCNC(=O)OC(C)(C)C)c2)C(=O)C3)cc1.CCOc1ccc(-c2nc(C(N)=O)c3c(n2)N(c2ccccc2)C(=O)C3)cc1.O=C=O. The molecule has 0 bridgehead atoms. The number of hydrogen-bond donors (Lipinski definition) is 4. The number of amides is 6. The van der Waals surface area contributed by atoms with Crippen molar-refractivity contribution in [2.45, 2.75) is 104 Å². The lowest BCUT2D eigenvalue weighted by molar-refractivity contribution is -0.191. The summed E-state index contributed by atoms with van der Waals surface area (Å²) in [6.07, 6.45) is 8.16. The summed E-state index contributed by atoms with van der Waals surface area (Å²) in [5.41, 5.74) is 14.5. The van der Waals surface area contributed by atoms with Crippen LogP contribution in [0.25, 0.3) is 22.8 Å². The number of hydrogen-bond acceptors (Lipinski definition) is 15. The van der Waals surface area contributed by atoms with Gasteiger partial charge >= 0.3 is 12.2 Å². The van der Waals surface area contributed by atoms with Gasteiger partial charge in [-0.25, -0.2) is 24.7 Å². The number of alkyl carbamates (subject to hydrolysis) is 1. The van der Waals surface area contributed by atoms with Gasteiger partial charge in [0.2, 0.25) is 11.8 Å². The van der Waals surface area contributed by atoms with Crippen molar-refractivity contribution in [3.63, 3.8) is 0 Å². The fourth-order valence-electron chi connectivity index (χ4n) is 8.75. The van der Waals surface area contributed by atoms with Crippen LogP contribution in [0.2, 0.25) is 0 Å². The van der Waals surface area contributed by atoms with Crippen LogP contribution in [0.3, 0.4) is 0 Å². The smallest absolute Gasteiger partial charge is 0.407 e. The summed E-state index contributed by atoms with van der Waals surface area (Å²) >= 11 is 0. The van der Waals surface area contributed by atoms with Crippen molar-refractivity contribution in [1.82, 2.24) is 30.6 Å². The van der Waals surface area contributed by atoms with Crippen LogP contribution in [0, 0.1) is 0 Å². The van der Waals surface area contributed by atoms with Crippen molar-refractivity contribution in [2.24, 2.45) is 11.5 Å². The summed E-state index contributed by atoms with van der Waals surface area (Å²) in [5, 5.41) is 5.77. The maximum atomic E-state index is 13.3. The van der Waals surface area contributed by atoms with Gasteiger partial charge in [-0.2, -0.15) is 9.59 Å². The van der Waals surface area contributed by atoms with E-state index in [1.807, 2.05) is 65.0 Å². The summed E-state index contributed by atoms with van der Waals surface area (Å²) < 4.78 is 16.2. The Morgan fingerprint density at radius 3 is 1.43 bits per heavy atom. The molecule has 4 heterocycles. The van der Waals surface area contributed by atoms with Gasteiger partial charge in [0.25, 0.3) is 17.7 Å². The van der Waals surface area contributed by atoms with Crippen molar-refractivity contribution in [1.29, 1.82) is 0 Å². The number of anilines is 4. The largest absolute Gasteiger partial charge is 0.494 e. The fourth-order valence-corrected chi connectivity index (χ4v) is 8.75. The summed E-state index contributed by atoms with van der Waals surface area (Å²) in [6.45, 7) is 17.6. The standard InChI is InChI=1S/C37H48N6O6.C21H18N4O3.C2H4.CO2/c1-5-48-28-19-17-25(18-20-28)33-41-31(32(38)45)29-24-30(44)43(34(29)42-33)27-16-14-15-26(23-27)35(46)39-21-12-10-8-6-7-9-11-13-22-40-36(47)49-37(2,3)4;1-2-28-15-10-8-13(9-11-15)20-23-18(19(22)27)16-12-17(26)25(21(16)24-20)14-6-4-3-5-7-14;1-2;2-1-3/h14-20,23H,5-13,21-22,24H2,1-4H3,(H2,38,45)(H,39,46)(H,40,47);3-11H,2,12H2,1H3,(H2,22,27);1-2H2;. The molecule has 82 heavy (non-hydrogen) atoms. The number of aromatic nitrogens is 4. The van der Waals surface area contributed by atoms with Gasteiger partial charge in [-0.15, -0.1) is 13.2 Å². The molecule has 8 rings (SSSR count). The molecule has 2 aliphatic rings. The second-order valence-corrected chi connectivity index (χ2v) is 19.3. The zero-order valence-electron chi connectivity index (χ0n) is 47.0. The Balaban J connectivity index is 0.000000314. The summed E-state index contributed by atoms with van der Waals surface area (Å²) in [5.74, 6) is 0.496. The molecule has 6 aromatic rings. The van der Waals surface area contributed by atoms with Gasteiger partial charge in [-0.1, -0.05) is 62.8 Å². The Kier molecular flexibility index (Phi) is 24.1. The molecule has 430 valence electrons. The number of carbonyl (C=O) groups is 6. The number of para-hydroxylation sites is 1. The minimum absolute atomic E-state index is 0.00812. The number of benzene rings is 4. The molecule has 0 radical (unpaired) electrons. The zero-order valence-corrected chi connectivity index (χ0v) is 47.0. The minimum Gasteiger partial charge on any atom is -0.494 e. The van der Waals surface area contributed by atoms with Gasteiger partial charge in [-0.3, -0.25) is 33.8 Å². The molecular formula is C61H70N10O11. The van der Waals surface area contributed by atoms with Crippen molar-refractivity contribution >= 4 is 64.8 Å². The minimum atomic E-state index is -0.752. The number of nitrogens with one attached hydrogen (secondary N) is 2. The molecule has 0 unspecified atom stereocenters. The Labute approximate surface area is 476 Å².